The van der Waals surface area contributed by atoms with Crippen LogP contribution in [-0.2, 0) is 22.4 Å². The number of nitrogens with zero attached hydrogens (tertiary/aromatic N) is 2. The predicted molar refractivity (Wildman–Crippen MR) is 97.1 cm³/mol. The van der Waals surface area contributed by atoms with Gasteiger partial charge in [0.1, 0.15) is 0 Å². The molecule has 0 radical (unpaired) electrons. The molecular formula is C21H28N2O2. The van der Waals surface area contributed by atoms with Crippen LogP contribution in [0, 0.1) is 11.3 Å². The van der Waals surface area contributed by atoms with E-state index in [1.165, 1.54) is 11.1 Å². The summed E-state index contributed by atoms with van der Waals surface area (Å²) in [5.41, 5.74) is 3.02. The maximum Gasteiger partial charge on any atom is 0.226 e. The molecular weight excluding hydrogens is 312 g/mol. The summed E-state index contributed by atoms with van der Waals surface area (Å²) in [4.78, 5) is 28.8. The monoisotopic (exact) mass is 340 g/mol. The summed E-state index contributed by atoms with van der Waals surface area (Å²) < 4.78 is 0. The number of carbonyl (C=O) groups excluding carboxylic acids is 2. The van der Waals surface area contributed by atoms with Crippen molar-refractivity contribution in [2.75, 3.05) is 26.7 Å². The Morgan fingerprint density at radius 3 is 2.52 bits per heavy atom. The minimum Gasteiger partial charge on any atom is -0.345 e. The Morgan fingerprint density at radius 2 is 1.80 bits per heavy atom. The van der Waals surface area contributed by atoms with E-state index in [0.717, 1.165) is 58.2 Å². The Labute approximate surface area is 150 Å². The first-order chi connectivity index (χ1) is 12.1. The third-order valence-corrected chi connectivity index (χ3v) is 6.70. The summed E-state index contributed by atoms with van der Waals surface area (Å²) in [5.74, 6) is 0.772. The van der Waals surface area contributed by atoms with Gasteiger partial charge in [-0.05, 0) is 55.1 Å². The number of rotatable bonds is 1. The van der Waals surface area contributed by atoms with Crippen molar-refractivity contribution in [2.24, 2.45) is 11.3 Å². The fourth-order valence-electron chi connectivity index (χ4n) is 5.01. The number of benzene rings is 1. The van der Waals surface area contributed by atoms with Gasteiger partial charge in [-0.25, -0.2) is 0 Å². The van der Waals surface area contributed by atoms with E-state index in [0.29, 0.717) is 12.3 Å². The Balaban J connectivity index is 1.37. The summed E-state index contributed by atoms with van der Waals surface area (Å²) in [6.07, 6.45) is 6.65. The standard InChI is InChI=1S/C21H28N2O2/c1-22-15-21(9-8-19(22)24)10-12-23(13-11-21)20(25)18-7-6-16-4-2-3-5-17(16)14-18/h2-5,18H,6-15H2,1H3/t18-/m0/s1. The molecule has 0 bridgehead atoms. The van der Waals surface area contributed by atoms with E-state index in [1.54, 1.807) is 0 Å². The van der Waals surface area contributed by atoms with Crippen molar-refractivity contribution in [3.05, 3.63) is 35.4 Å². The van der Waals surface area contributed by atoms with Gasteiger partial charge in [0.05, 0.1) is 0 Å². The minimum atomic E-state index is 0.152. The van der Waals surface area contributed by atoms with Gasteiger partial charge in [0, 0.05) is 39.0 Å². The first kappa shape index (κ1) is 16.6. The van der Waals surface area contributed by atoms with Crippen LogP contribution >= 0.6 is 0 Å². The summed E-state index contributed by atoms with van der Waals surface area (Å²) in [7, 11) is 1.92. The van der Waals surface area contributed by atoms with Gasteiger partial charge in [0.25, 0.3) is 0 Å². The van der Waals surface area contributed by atoms with Gasteiger partial charge in [-0.3, -0.25) is 9.59 Å². The van der Waals surface area contributed by atoms with Gasteiger partial charge in [-0.15, -0.1) is 0 Å². The molecule has 0 aromatic heterocycles. The zero-order valence-electron chi connectivity index (χ0n) is 15.2. The normalized spacial score (nSPS) is 25.8. The number of aryl methyl sites for hydroxylation is 1. The van der Waals surface area contributed by atoms with E-state index in [-0.39, 0.29) is 17.2 Å². The van der Waals surface area contributed by atoms with Gasteiger partial charge in [-0.2, -0.15) is 0 Å². The fraction of sp³-hybridized carbons (Fsp3) is 0.619. The Bertz CT molecular complexity index is 676. The van der Waals surface area contributed by atoms with Crippen LogP contribution in [0.2, 0.25) is 0 Å². The van der Waals surface area contributed by atoms with E-state index in [4.69, 9.17) is 0 Å². The molecule has 2 amide bonds. The van der Waals surface area contributed by atoms with E-state index < -0.39 is 0 Å². The number of carbonyl (C=O) groups is 2. The predicted octanol–water partition coefficient (Wildman–Crippen LogP) is 2.65. The fourth-order valence-corrected chi connectivity index (χ4v) is 5.01. The Kier molecular flexibility index (Phi) is 4.30. The molecule has 4 nitrogen and oxygen atoms in total. The molecule has 2 heterocycles. The lowest BCUT2D eigenvalue weighted by Gasteiger charge is -2.47. The number of piperidine rings is 2. The molecule has 0 saturated carbocycles. The second kappa shape index (κ2) is 6.47. The molecule has 1 aliphatic carbocycles. The first-order valence-electron chi connectivity index (χ1n) is 9.66. The highest BCUT2D eigenvalue weighted by Gasteiger charge is 2.41. The van der Waals surface area contributed by atoms with Gasteiger partial charge in [0.2, 0.25) is 11.8 Å². The Hall–Kier alpha value is -1.84. The van der Waals surface area contributed by atoms with Crippen LogP contribution in [0.5, 0.6) is 0 Å². The smallest absolute Gasteiger partial charge is 0.226 e. The average Bonchev–Trinajstić information content (AvgIpc) is 2.65. The van der Waals surface area contributed by atoms with Gasteiger partial charge >= 0.3 is 0 Å². The lowest BCUT2D eigenvalue weighted by atomic mass is 9.72. The highest BCUT2D eigenvalue weighted by molar-refractivity contribution is 5.80. The van der Waals surface area contributed by atoms with Gasteiger partial charge in [-0.1, -0.05) is 24.3 Å². The molecule has 3 aliphatic rings. The lowest BCUT2D eigenvalue weighted by Crippen LogP contribution is -2.52. The molecule has 4 heteroatoms. The average molecular weight is 340 g/mol. The van der Waals surface area contributed by atoms with Crippen molar-refractivity contribution >= 4 is 11.8 Å². The molecule has 4 rings (SSSR count). The molecule has 25 heavy (non-hydrogen) atoms. The van der Waals surface area contributed by atoms with Crippen molar-refractivity contribution in [3.8, 4) is 0 Å². The zero-order chi connectivity index (χ0) is 17.4. The number of amides is 2. The summed E-state index contributed by atoms with van der Waals surface area (Å²) in [6, 6.07) is 8.55. The second-order valence-electron chi connectivity index (χ2n) is 8.28. The van der Waals surface area contributed by atoms with Crippen LogP contribution in [0.1, 0.15) is 43.2 Å². The largest absolute Gasteiger partial charge is 0.345 e. The maximum absolute atomic E-state index is 13.0. The van der Waals surface area contributed by atoms with Crippen LogP contribution < -0.4 is 0 Å². The number of hydrogen-bond donors (Lipinski definition) is 0. The second-order valence-corrected chi connectivity index (χ2v) is 8.28. The van der Waals surface area contributed by atoms with E-state index in [2.05, 4.69) is 29.2 Å². The third kappa shape index (κ3) is 3.19. The summed E-state index contributed by atoms with van der Waals surface area (Å²) in [5, 5.41) is 0. The molecule has 1 aromatic carbocycles. The van der Waals surface area contributed by atoms with Crippen molar-refractivity contribution in [1.82, 2.24) is 9.80 Å². The molecule has 2 saturated heterocycles. The molecule has 1 atom stereocenters. The van der Waals surface area contributed by atoms with Crippen molar-refractivity contribution in [1.29, 1.82) is 0 Å². The molecule has 1 aromatic rings. The van der Waals surface area contributed by atoms with Gasteiger partial charge < -0.3 is 9.80 Å². The van der Waals surface area contributed by atoms with Gasteiger partial charge in [0.15, 0.2) is 0 Å². The maximum atomic E-state index is 13.0. The van der Waals surface area contributed by atoms with E-state index in [1.807, 2.05) is 11.9 Å². The summed E-state index contributed by atoms with van der Waals surface area (Å²) in [6.45, 7) is 2.59. The molecule has 134 valence electrons. The van der Waals surface area contributed by atoms with Crippen LogP contribution in [0.15, 0.2) is 24.3 Å². The van der Waals surface area contributed by atoms with Crippen LogP contribution in [0.25, 0.3) is 0 Å². The molecule has 2 aliphatic heterocycles. The topological polar surface area (TPSA) is 40.6 Å². The van der Waals surface area contributed by atoms with Crippen molar-refractivity contribution < 1.29 is 9.59 Å². The Morgan fingerprint density at radius 1 is 1.08 bits per heavy atom. The minimum absolute atomic E-state index is 0.152. The summed E-state index contributed by atoms with van der Waals surface area (Å²) >= 11 is 0. The molecule has 0 N–H and O–H groups in total. The highest BCUT2D eigenvalue weighted by atomic mass is 16.2. The molecule has 0 unspecified atom stereocenters. The number of fused-ring (bicyclic) bond motifs is 1. The molecule has 1 spiro atoms. The van der Waals surface area contributed by atoms with Crippen LogP contribution in [-0.4, -0.2) is 48.3 Å². The zero-order valence-corrected chi connectivity index (χ0v) is 15.2. The SMILES string of the molecule is CN1CC2(CCC1=O)CCN(C(=O)[C@H]1CCc3ccccc3C1)CC2. The van der Waals surface area contributed by atoms with E-state index >= 15 is 0 Å². The lowest BCUT2D eigenvalue weighted by molar-refractivity contribution is -0.143. The molecule has 2 fully saturated rings. The van der Waals surface area contributed by atoms with Crippen LogP contribution in [0.4, 0.5) is 0 Å². The van der Waals surface area contributed by atoms with Crippen molar-refractivity contribution in [3.63, 3.8) is 0 Å². The van der Waals surface area contributed by atoms with E-state index in [9.17, 15) is 9.59 Å². The number of hydrogen-bond acceptors (Lipinski definition) is 2. The van der Waals surface area contributed by atoms with Crippen molar-refractivity contribution in [2.45, 2.75) is 44.9 Å². The highest BCUT2D eigenvalue weighted by Crippen LogP contribution is 2.40. The quantitative estimate of drug-likeness (QED) is 0.788. The number of likely N-dealkylation sites (tertiary alicyclic amines) is 2. The van der Waals surface area contributed by atoms with Crippen LogP contribution in [0.3, 0.4) is 0 Å². The third-order valence-electron chi connectivity index (χ3n) is 6.70. The first-order valence-corrected chi connectivity index (χ1v) is 9.66.